The summed E-state index contributed by atoms with van der Waals surface area (Å²) in [5.41, 5.74) is 1.85. The van der Waals surface area contributed by atoms with Gasteiger partial charge in [-0.1, -0.05) is 6.07 Å². The number of carbonyl (C=O) groups excluding carboxylic acids is 1. The van der Waals surface area contributed by atoms with E-state index < -0.39 is 5.51 Å². The van der Waals surface area contributed by atoms with Gasteiger partial charge >= 0.3 is 5.51 Å². The third kappa shape index (κ3) is 4.14. The molecule has 0 unspecified atom stereocenters. The highest BCUT2D eigenvalue weighted by Gasteiger charge is 2.30. The van der Waals surface area contributed by atoms with Crippen molar-refractivity contribution in [3.8, 4) is 0 Å². The maximum atomic E-state index is 12.2. The van der Waals surface area contributed by atoms with Crippen LogP contribution in [0.1, 0.15) is 12.0 Å². The first-order valence-corrected chi connectivity index (χ1v) is 5.32. The lowest BCUT2D eigenvalue weighted by atomic mass is 10.1. The zero-order valence-electron chi connectivity index (χ0n) is 8.25. The molecule has 0 bridgehead atoms. The first-order valence-electron chi connectivity index (χ1n) is 4.50. The average molecular weight is 249 g/mol. The molecule has 0 aliphatic carbocycles. The van der Waals surface area contributed by atoms with Crippen LogP contribution < -0.4 is 5.73 Å². The molecule has 0 radical (unpaired) electrons. The molecule has 1 aromatic rings. The molecule has 0 atom stereocenters. The van der Waals surface area contributed by atoms with Crippen LogP contribution in [0.2, 0.25) is 0 Å². The number of alkyl halides is 3. The summed E-state index contributed by atoms with van der Waals surface area (Å²) in [6.45, 7) is 0. The largest absolute Gasteiger partial charge is 0.446 e. The number of carbonyl (C=O) groups is 1. The van der Waals surface area contributed by atoms with E-state index in [1.54, 1.807) is 6.07 Å². The minimum absolute atomic E-state index is 0.0177. The number of rotatable bonds is 4. The second kappa shape index (κ2) is 5.25. The number of anilines is 1. The van der Waals surface area contributed by atoms with Crippen molar-refractivity contribution >= 4 is 23.7 Å². The van der Waals surface area contributed by atoms with Crippen LogP contribution in [0, 0.1) is 0 Å². The minimum Gasteiger partial charge on any atom is -0.398 e. The maximum absolute atomic E-state index is 12.2. The van der Waals surface area contributed by atoms with Crippen molar-refractivity contribution in [2.24, 2.45) is 0 Å². The van der Waals surface area contributed by atoms with Crippen LogP contribution in [0.5, 0.6) is 0 Å². The van der Waals surface area contributed by atoms with Gasteiger partial charge < -0.3 is 10.5 Å². The maximum Gasteiger partial charge on any atom is 0.446 e. The van der Waals surface area contributed by atoms with Gasteiger partial charge in [-0.2, -0.15) is 13.2 Å². The molecule has 0 saturated heterocycles. The van der Waals surface area contributed by atoms with E-state index in [0.717, 1.165) is 6.29 Å². The van der Waals surface area contributed by atoms with E-state index in [4.69, 9.17) is 5.73 Å². The Morgan fingerprint density at radius 3 is 2.62 bits per heavy atom. The Morgan fingerprint density at radius 1 is 1.38 bits per heavy atom. The van der Waals surface area contributed by atoms with Crippen LogP contribution in [0.4, 0.5) is 18.9 Å². The molecule has 0 fully saturated rings. The summed E-state index contributed by atoms with van der Waals surface area (Å²) in [6.07, 6.45) is 1.45. The van der Waals surface area contributed by atoms with Crippen molar-refractivity contribution < 1.29 is 18.0 Å². The van der Waals surface area contributed by atoms with Crippen molar-refractivity contribution in [3.63, 3.8) is 0 Å². The Balaban J connectivity index is 2.86. The Bertz CT molecular complexity index is 379. The zero-order chi connectivity index (χ0) is 12.2. The Morgan fingerprint density at radius 2 is 2.06 bits per heavy atom. The zero-order valence-corrected chi connectivity index (χ0v) is 9.07. The molecule has 2 nitrogen and oxygen atoms in total. The van der Waals surface area contributed by atoms with E-state index in [2.05, 4.69) is 0 Å². The Labute approximate surface area is 95.0 Å². The molecule has 0 aromatic heterocycles. The van der Waals surface area contributed by atoms with Crippen LogP contribution in [0.25, 0.3) is 0 Å². The van der Waals surface area contributed by atoms with Crippen LogP contribution in [0.3, 0.4) is 0 Å². The van der Waals surface area contributed by atoms with E-state index >= 15 is 0 Å². The van der Waals surface area contributed by atoms with E-state index in [9.17, 15) is 18.0 Å². The predicted molar refractivity (Wildman–Crippen MR) is 57.2 cm³/mol. The van der Waals surface area contributed by atoms with Gasteiger partial charge in [-0.3, -0.25) is 0 Å². The van der Waals surface area contributed by atoms with Gasteiger partial charge in [-0.25, -0.2) is 0 Å². The van der Waals surface area contributed by atoms with E-state index in [-0.39, 0.29) is 22.3 Å². The molecular weight excluding hydrogens is 239 g/mol. The lowest BCUT2D eigenvalue weighted by Crippen LogP contribution is -2.02. The smallest absolute Gasteiger partial charge is 0.398 e. The number of hydrogen-bond acceptors (Lipinski definition) is 3. The number of aryl methyl sites for hydroxylation is 1. The van der Waals surface area contributed by atoms with Crippen LogP contribution in [0.15, 0.2) is 23.1 Å². The molecule has 1 aromatic carbocycles. The number of nitrogens with two attached hydrogens (primary N) is 1. The SMILES string of the molecule is Nc1ccc(CCC=O)cc1SC(F)(F)F. The second-order valence-electron chi connectivity index (χ2n) is 3.13. The van der Waals surface area contributed by atoms with Gasteiger partial charge in [0.15, 0.2) is 0 Å². The molecule has 2 N–H and O–H groups in total. The number of halogens is 3. The quantitative estimate of drug-likeness (QED) is 0.506. The van der Waals surface area contributed by atoms with Crippen molar-refractivity contribution in [2.75, 3.05) is 5.73 Å². The van der Waals surface area contributed by atoms with Crippen LogP contribution >= 0.6 is 11.8 Å². The van der Waals surface area contributed by atoms with Crippen molar-refractivity contribution in [1.29, 1.82) is 0 Å². The first-order chi connectivity index (χ1) is 7.42. The van der Waals surface area contributed by atoms with E-state index in [1.807, 2.05) is 0 Å². The fraction of sp³-hybridized carbons (Fsp3) is 0.300. The van der Waals surface area contributed by atoms with Gasteiger partial charge in [0.2, 0.25) is 0 Å². The molecule has 1 rings (SSSR count). The molecule has 88 valence electrons. The summed E-state index contributed by atoms with van der Waals surface area (Å²) < 4.78 is 36.5. The number of nitrogen functional groups attached to an aromatic ring is 1. The topological polar surface area (TPSA) is 43.1 Å². The summed E-state index contributed by atoms with van der Waals surface area (Å²) in [5.74, 6) is 0. The third-order valence-electron chi connectivity index (χ3n) is 1.85. The van der Waals surface area contributed by atoms with Crippen molar-refractivity contribution in [2.45, 2.75) is 23.2 Å². The molecule has 6 heteroatoms. The van der Waals surface area contributed by atoms with E-state index in [1.165, 1.54) is 12.1 Å². The molecule has 0 aliphatic heterocycles. The van der Waals surface area contributed by atoms with Gasteiger partial charge in [0, 0.05) is 17.0 Å². The second-order valence-corrected chi connectivity index (χ2v) is 4.23. The lowest BCUT2D eigenvalue weighted by Gasteiger charge is -2.09. The number of hydrogen-bond donors (Lipinski definition) is 1. The standard InChI is InChI=1S/C10H10F3NOS/c11-10(12,13)16-9-6-7(2-1-5-15)3-4-8(9)14/h3-6H,1-2,14H2. The summed E-state index contributed by atoms with van der Waals surface area (Å²) in [6, 6.07) is 4.42. The average Bonchev–Trinajstić information content (AvgIpc) is 2.17. The minimum atomic E-state index is -4.35. The van der Waals surface area contributed by atoms with Crippen LogP contribution in [-0.4, -0.2) is 11.8 Å². The summed E-state index contributed by atoms with van der Waals surface area (Å²) in [5, 5.41) is 0. The van der Waals surface area contributed by atoms with Gasteiger partial charge in [0.25, 0.3) is 0 Å². The van der Waals surface area contributed by atoms with E-state index in [0.29, 0.717) is 18.4 Å². The summed E-state index contributed by atoms with van der Waals surface area (Å²) in [7, 11) is 0. The number of thioether (sulfide) groups is 1. The van der Waals surface area contributed by atoms with Gasteiger partial charge in [0.1, 0.15) is 6.29 Å². The number of benzene rings is 1. The summed E-state index contributed by atoms with van der Waals surface area (Å²) >= 11 is -0.238. The van der Waals surface area contributed by atoms with Gasteiger partial charge in [-0.15, -0.1) is 0 Å². The van der Waals surface area contributed by atoms with Crippen LogP contribution in [-0.2, 0) is 11.2 Å². The predicted octanol–water partition coefficient (Wildman–Crippen LogP) is 3.01. The van der Waals surface area contributed by atoms with Crippen molar-refractivity contribution in [1.82, 2.24) is 0 Å². The molecule has 0 heterocycles. The first kappa shape index (κ1) is 12.9. The monoisotopic (exact) mass is 249 g/mol. The summed E-state index contributed by atoms with van der Waals surface area (Å²) in [4.78, 5) is 10.1. The molecular formula is C10H10F3NOS. The normalized spacial score (nSPS) is 11.4. The number of aldehydes is 1. The van der Waals surface area contributed by atoms with Gasteiger partial charge in [0.05, 0.1) is 0 Å². The molecule has 0 spiro atoms. The highest BCUT2D eigenvalue weighted by Crippen LogP contribution is 2.39. The molecule has 0 amide bonds. The fourth-order valence-corrected chi connectivity index (χ4v) is 1.82. The molecule has 0 saturated carbocycles. The lowest BCUT2D eigenvalue weighted by molar-refractivity contribution is -0.107. The van der Waals surface area contributed by atoms with Crippen molar-refractivity contribution in [3.05, 3.63) is 23.8 Å². The molecule has 0 aliphatic rings. The highest BCUT2D eigenvalue weighted by molar-refractivity contribution is 8.00. The fourth-order valence-electron chi connectivity index (χ4n) is 1.17. The third-order valence-corrected chi connectivity index (χ3v) is 2.66. The van der Waals surface area contributed by atoms with Gasteiger partial charge in [-0.05, 0) is 35.9 Å². The Hall–Kier alpha value is -1.17. The highest BCUT2D eigenvalue weighted by atomic mass is 32.2. The Kier molecular flexibility index (Phi) is 4.23. The molecule has 16 heavy (non-hydrogen) atoms.